The lowest BCUT2D eigenvalue weighted by Crippen LogP contribution is -2.20. The van der Waals surface area contributed by atoms with Gasteiger partial charge in [0.25, 0.3) is 5.91 Å². The maximum absolute atomic E-state index is 12.2. The molecule has 3 aromatic carbocycles. The number of amides is 2. The Kier molecular flexibility index (Phi) is 7.00. The summed E-state index contributed by atoms with van der Waals surface area (Å²) in [5.41, 5.74) is 3.38. The molecule has 0 aliphatic rings. The van der Waals surface area contributed by atoms with Crippen LogP contribution in [-0.4, -0.2) is 18.4 Å². The van der Waals surface area contributed by atoms with E-state index >= 15 is 0 Å². The van der Waals surface area contributed by atoms with E-state index in [1.54, 1.807) is 24.3 Å². The summed E-state index contributed by atoms with van der Waals surface area (Å²) in [6, 6.07) is 24.3. The van der Waals surface area contributed by atoms with Gasteiger partial charge in [0.2, 0.25) is 5.91 Å². The summed E-state index contributed by atoms with van der Waals surface area (Å²) in [6.07, 6.45) is 1.25. The zero-order valence-corrected chi connectivity index (χ0v) is 16.4. The van der Waals surface area contributed by atoms with Gasteiger partial charge in [-0.1, -0.05) is 55.5 Å². The van der Waals surface area contributed by atoms with Gasteiger partial charge in [-0.2, -0.15) is 0 Å². The molecule has 2 N–H and O–H groups in total. The number of hydrogen-bond donors (Lipinski definition) is 2. The number of carbonyl (C=O) groups is 2. The van der Waals surface area contributed by atoms with Crippen LogP contribution in [0.5, 0.6) is 5.75 Å². The number of carbonyl (C=O) groups excluding carboxylic acids is 2. The van der Waals surface area contributed by atoms with Crippen LogP contribution < -0.4 is 15.4 Å². The highest BCUT2D eigenvalue weighted by Gasteiger charge is 2.07. The normalized spacial score (nSPS) is 10.2. The lowest BCUT2D eigenvalue weighted by atomic mass is 10.1. The van der Waals surface area contributed by atoms with Crippen molar-refractivity contribution in [3.63, 3.8) is 0 Å². The van der Waals surface area contributed by atoms with Crippen molar-refractivity contribution in [3.8, 4) is 5.75 Å². The predicted molar refractivity (Wildman–Crippen MR) is 115 cm³/mol. The monoisotopic (exact) mass is 388 g/mol. The van der Waals surface area contributed by atoms with Crippen molar-refractivity contribution in [1.82, 2.24) is 0 Å². The van der Waals surface area contributed by atoms with E-state index in [2.05, 4.69) is 17.6 Å². The average Bonchev–Trinajstić information content (AvgIpc) is 2.73. The molecule has 29 heavy (non-hydrogen) atoms. The molecular formula is C24H24N2O3. The summed E-state index contributed by atoms with van der Waals surface area (Å²) in [7, 11) is 0. The molecule has 3 aromatic rings. The van der Waals surface area contributed by atoms with Crippen molar-refractivity contribution in [2.24, 2.45) is 0 Å². The van der Waals surface area contributed by atoms with Gasteiger partial charge in [-0.15, -0.1) is 0 Å². The Bertz CT molecular complexity index is 953. The van der Waals surface area contributed by atoms with Crippen LogP contribution in [0.15, 0.2) is 78.9 Å². The second-order valence-corrected chi connectivity index (χ2v) is 6.63. The van der Waals surface area contributed by atoms with Gasteiger partial charge >= 0.3 is 0 Å². The summed E-state index contributed by atoms with van der Waals surface area (Å²) < 4.78 is 5.52. The molecule has 0 saturated carbocycles. The van der Waals surface area contributed by atoms with Crippen molar-refractivity contribution in [2.45, 2.75) is 19.8 Å². The van der Waals surface area contributed by atoms with Gasteiger partial charge in [0, 0.05) is 11.4 Å². The van der Waals surface area contributed by atoms with Crippen LogP contribution in [0.4, 0.5) is 11.4 Å². The molecule has 0 saturated heterocycles. The Hall–Kier alpha value is -3.60. The molecule has 0 radical (unpaired) electrons. The summed E-state index contributed by atoms with van der Waals surface area (Å²) in [6.45, 7) is 2.00. The number of ether oxygens (including phenoxy) is 1. The minimum Gasteiger partial charge on any atom is -0.484 e. The summed E-state index contributed by atoms with van der Waals surface area (Å²) >= 11 is 0. The molecule has 5 heteroatoms. The first-order valence-electron chi connectivity index (χ1n) is 9.58. The van der Waals surface area contributed by atoms with Crippen molar-refractivity contribution in [3.05, 3.63) is 90.0 Å². The van der Waals surface area contributed by atoms with E-state index in [4.69, 9.17) is 4.74 Å². The van der Waals surface area contributed by atoms with Gasteiger partial charge in [-0.05, 0) is 47.9 Å². The van der Waals surface area contributed by atoms with Crippen LogP contribution >= 0.6 is 0 Å². The maximum Gasteiger partial charge on any atom is 0.262 e. The fourth-order valence-electron chi connectivity index (χ4n) is 2.83. The third-order valence-electron chi connectivity index (χ3n) is 4.34. The van der Waals surface area contributed by atoms with Gasteiger partial charge in [0.05, 0.1) is 6.42 Å². The Morgan fingerprint density at radius 3 is 2.07 bits per heavy atom. The number of benzene rings is 3. The number of rotatable bonds is 8. The molecule has 0 spiro atoms. The minimum absolute atomic E-state index is 0.0872. The largest absolute Gasteiger partial charge is 0.484 e. The number of nitrogens with one attached hydrogen (secondary N) is 2. The molecule has 0 aliphatic carbocycles. The van der Waals surface area contributed by atoms with Crippen molar-refractivity contribution >= 4 is 23.2 Å². The van der Waals surface area contributed by atoms with Gasteiger partial charge in [0.15, 0.2) is 6.61 Å². The molecule has 0 unspecified atom stereocenters. The van der Waals surface area contributed by atoms with Crippen LogP contribution in [0.1, 0.15) is 18.1 Å². The van der Waals surface area contributed by atoms with Crippen LogP contribution in [0.3, 0.4) is 0 Å². The van der Waals surface area contributed by atoms with Crippen LogP contribution in [-0.2, 0) is 22.4 Å². The molecule has 0 bridgehead atoms. The van der Waals surface area contributed by atoms with E-state index in [9.17, 15) is 9.59 Å². The number of hydrogen-bond acceptors (Lipinski definition) is 3. The third kappa shape index (κ3) is 6.50. The molecule has 148 valence electrons. The smallest absolute Gasteiger partial charge is 0.262 e. The van der Waals surface area contributed by atoms with E-state index in [1.165, 1.54) is 5.56 Å². The molecular weight excluding hydrogens is 364 g/mol. The van der Waals surface area contributed by atoms with Crippen molar-refractivity contribution in [1.29, 1.82) is 0 Å². The Morgan fingerprint density at radius 1 is 0.759 bits per heavy atom. The van der Waals surface area contributed by atoms with Gasteiger partial charge in [-0.3, -0.25) is 9.59 Å². The average molecular weight is 388 g/mol. The fourth-order valence-corrected chi connectivity index (χ4v) is 2.83. The topological polar surface area (TPSA) is 67.4 Å². The highest BCUT2D eigenvalue weighted by Crippen LogP contribution is 2.16. The van der Waals surface area contributed by atoms with E-state index < -0.39 is 0 Å². The SMILES string of the molecule is CCc1ccc(OCC(=O)Nc2cccc(NC(=O)Cc3ccccc3)c2)cc1. The highest BCUT2D eigenvalue weighted by molar-refractivity contribution is 5.95. The molecule has 2 amide bonds. The second-order valence-electron chi connectivity index (χ2n) is 6.63. The lowest BCUT2D eigenvalue weighted by molar-refractivity contribution is -0.118. The quantitative estimate of drug-likeness (QED) is 0.599. The van der Waals surface area contributed by atoms with E-state index in [0.29, 0.717) is 23.5 Å². The van der Waals surface area contributed by atoms with Gasteiger partial charge < -0.3 is 15.4 Å². The molecule has 5 nitrogen and oxygen atoms in total. The first kappa shape index (κ1) is 20.1. The number of aryl methyl sites for hydroxylation is 1. The summed E-state index contributed by atoms with van der Waals surface area (Å²) in [5, 5.41) is 5.63. The predicted octanol–water partition coefficient (Wildman–Crippen LogP) is 4.45. The highest BCUT2D eigenvalue weighted by atomic mass is 16.5. The lowest BCUT2D eigenvalue weighted by Gasteiger charge is -2.10. The Balaban J connectivity index is 1.50. The maximum atomic E-state index is 12.2. The van der Waals surface area contributed by atoms with E-state index in [0.717, 1.165) is 12.0 Å². The molecule has 0 fully saturated rings. The molecule has 0 heterocycles. The molecule has 0 aromatic heterocycles. The second kappa shape index (κ2) is 10.1. The summed E-state index contributed by atoms with van der Waals surface area (Å²) in [5.74, 6) is 0.273. The fraction of sp³-hybridized carbons (Fsp3) is 0.167. The molecule has 0 aliphatic heterocycles. The number of anilines is 2. The minimum atomic E-state index is -0.266. The van der Waals surface area contributed by atoms with E-state index in [1.807, 2.05) is 54.6 Å². The van der Waals surface area contributed by atoms with Crippen molar-refractivity contribution < 1.29 is 14.3 Å². The van der Waals surface area contributed by atoms with Crippen LogP contribution in [0.2, 0.25) is 0 Å². The van der Waals surface area contributed by atoms with Crippen molar-refractivity contribution in [2.75, 3.05) is 17.2 Å². The van der Waals surface area contributed by atoms with Gasteiger partial charge in [-0.25, -0.2) is 0 Å². The zero-order chi connectivity index (χ0) is 20.5. The molecule has 0 atom stereocenters. The third-order valence-corrected chi connectivity index (χ3v) is 4.34. The van der Waals surface area contributed by atoms with Gasteiger partial charge in [0.1, 0.15) is 5.75 Å². The van der Waals surface area contributed by atoms with E-state index in [-0.39, 0.29) is 18.4 Å². The first-order chi connectivity index (χ1) is 14.1. The summed E-state index contributed by atoms with van der Waals surface area (Å²) in [4.78, 5) is 24.4. The standard InChI is InChI=1S/C24H24N2O3/c1-2-18-11-13-22(14-12-18)29-17-24(28)26-21-10-6-9-20(16-21)25-23(27)15-19-7-4-3-5-8-19/h3-14,16H,2,15,17H2,1H3,(H,25,27)(H,26,28). The van der Waals surface area contributed by atoms with Crippen LogP contribution in [0, 0.1) is 0 Å². The Labute approximate surface area is 170 Å². The first-order valence-corrected chi connectivity index (χ1v) is 9.58. The Morgan fingerprint density at radius 2 is 1.41 bits per heavy atom. The molecule has 3 rings (SSSR count). The van der Waals surface area contributed by atoms with Crippen LogP contribution in [0.25, 0.3) is 0 Å². The zero-order valence-electron chi connectivity index (χ0n) is 16.4.